The second-order valence-corrected chi connectivity index (χ2v) is 7.41. The first-order chi connectivity index (χ1) is 9.70. The van der Waals surface area contributed by atoms with Gasteiger partial charge in [0.25, 0.3) is 5.69 Å². The van der Waals surface area contributed by atoms with Crippen LogP contribution in [-0.4, -0.2) is 29.7 Å². The van der Waals surface area contributed by atoms with Gasteiger partial charge in [0.05, 0.1) is 10.6 Å². The first-order valence-electron chi connectivity index (χ1n) is 6.48. The van der Waals surface area contributed by atoms with Crippen molar-refractivity contribution in [2.45, 2.75) is 37.1 Å². The lowest BCUT2D eigenvalue weighted by Crippen LogP contribution is -2.42. The monoisotopic (exact) mass is 314 g/mol. The number of hydrogen-bond acceptors (Lipinski definition) is 6. The number of anilines is 1. The Morgan fingerprint density at radius 1 is 1.43 bits per heavy atom. The molecule has 0 radical (unpaired) electrons. The van der Waals surface area contributed by atoms with Crippen molar-refractivity contribution in [2.24, 2.45) is 5.84 Å². The number of nitrogens with one attached hydrogen (secondary N) is 1. The molecule has 1 heterocycles. The summed E-state index contributed by atoms with van der Waals surface area (Å²) in [6, 6.07) is 3.50. The number of rotatable bonds is 4. The summed E-state index contributed by atoms with van der Waals surface area (Å²) < 4.78 is 27.0. The molecule has 8 nitrogen and oxygen atoms in total. The van der Waals surface area contributed by atoms with Crippen molar-refractivity contribution in [3.05, 3.63) is 28.3 Å². The van der Waals surface area contributed by atoms with Gasteiger partial charge >= 0.3 is 0 Å². The maximum Gasteiger partial charge on any atom is 0.271 e. The third-order valence-electron chi connectivity index (χ3n) is 3.72. The summed E-state index contributed by atoms with van der Waals surface area (Å²) in [4.78, 5) is 10.1. The highest BCUT2D eigenvalue weighted by Crippen LogP contribution is 2.36. The molecule has 1 aromatic rings. The molecule has 0 atom stereocenters. The number of nitrogen functional groups attached to an aromatic ring is 1. The second kappa shape index (κ2) is 5.24. The quantitative estimate of drug-likeness (QED) is 0.493. The zero-order chi connectivity index (χ0) is 15.8. The Morgan fingerprint density at radius 2 is 2.10 bits per heavy atom. The first kappa shape index (κ1) is 15.7. The van der Waals surface area contributed by atoms with Gasteiger partial charge in [-0.1, -0.05) is 0 Å². The van der Waals surface area contributed by atoms with Gasteiger partial charge < -0.3 is 5.43 Å². The molecule has 9 heteroatoms. The van der Waals surface area contributed by atoms with Crippen LogP contribution in [0.15, 0.2) is 23.1 Å². The number of nitrogens with two attached hydrogens (primary N) is 1. The van der Waals surface area contributed by atoms with Crippen LogP contribution in [0.25, 0.3) is 0 Å². The molecule has 1 saturated heterocycles. The highest BCUT2D eigenvalue weighted by molar-refractivity contribution is 7.89. The van der Waals surface area contributed by atoms with Crippen molar-refractivity contribution in [3.63, 3.8) is 0 Å². The van der Waals surface area contributed by atoms with Gasteiger partial charge in [0.15, 0.2) is 0 Å². The molecule has 1 aliphatic rings. The first-order valence-corrected chi connectivity index (χ1v) is 7.92. The van der Waals surface area contributed by atoms with Gasteiger partial charge in [-0.25, -0.2) is 8.42 Å². The highest BCUT2D eigenvalue weighted by atomic mass is 32.2. The second-order valence-electron chi connectivity index (χ2n) is 5.58. The number of nitrogens with zero attached hydrogens (tertiary/aromatic N) is 2. The van der Waals surface area contributed by atoms with Crippen molar-refractivity contribution in [1.29, 1.82) is 0 Å². The maximum atomic E-state index is 12.8. The van der Waals surface area contributed by atoms with Gasteiger partial charge in [0, 0.05) is 24.2 Å². The lowest BCUT2D eigenvalue weighted by Gasteiger charge is -2.31. The molecule has 0 bridgehead atoms. The Kier molecular flexibility index (Phi) is 3.91. The molecule has 3 N–H and O–H groups in total. The number of nitro benzene ring substituents is 1. The number of hydrogen-bond donors (Lipinski definition) is 2. The van der Waals surface area contributed by atoms with E-state index in [9.17, 15) is 18.5 Å². The Labute approximate surface area is 123 Å². The van der Waals surface area contributed by atoms with E-state index in [4.69, 9.17) is 5.84 Å². The van der Waals surface area contributed by atoms with Crippen molar-refractivity contribution in [1.82, 2.24) is 4.31 Å². The topological polar surface area (TPSA) is 119 Å². The third kappa shape index (κ3) is 2.71. The normalized spacial score (nSPS) is 18.6. The number of nitro groups is 1. The summed E-state index contributed by atoms with van der Waals surface area (Å²) in [7, 11) is -3.76. The third-order valence-corrected chi connectivity index (χ3v) is 5.89. The fraction of sp³-hybridized carbons (Fsp3) is 0.500. The van der Waals surface area contributed by atoms with Gasteiger partial charge in [0.1, 0.15) is 4.90 Å². The van der Waals surface area contributed by atoms with E-state index in [1.54, 1.807) is 0 Å². The van der Waals surface area contributed by atoms with E-state index >= 15 is 0 Å². The van der Waals surface area contributed by atoms with Crippen molar-refractivity contribution >= 4 is 21.4 Å². The molecule has 116 valence electrons. The lowest BCUT2D eigenvalue weighted by atomic mass is 10.0. The van der Waals surface area contributed by atoms with E-state index in [1.807, 2.05) is 13.8 Å². The minimum Gasteiger partial charge on any atom is -0.323 e. The molecular weight excluding hydrogens is 296 g/mol. The van der Waals surface area contributed by atoms with Crippen LogP contribution in [0.5, 0.6) is 0 Å². The fourth-order valence-corrected chi connectivity index (χ4v) is 4.60. The van der Waals surface area contributed by atoms with Gasteiger partial charge in [-0.3, -0.25) is 16.0 Å². The van der Waals surface area contributed by atoms with Crippen LogP contribution in [-0.2, 0) is 10.0 Å². The lowest BCUT2D eigenvalue weighted by molar-refractivity contribution is -0.384. The number of hydrazine groups is 1. The van der Waals surface area contributed by atoms with Gasteiger partial charge in [0.2, 0.25) is 10.0 Å². The van der Waals surface area contributed by atoms with E-state index in [-0.39, 0.29) is 16.3 Å². The van der Waals surface area contributed by atoms with Crippen LogP contribution < -0.4 is 11.3 Å². The van der Waals surface area contributed by atoms with E-state index in [2.05, 4.69) is 5.43 Å². The Balaban J connectivity index is 2.52. The standard InChI is InChI=1S/C12H18N4O4S/c1-12(2)6-3-7-15(12)21(19,20)11-5-4-9(16(17)18)8-10(11)14-13/h4-5,8,14H,3,6-7,13H2,1-2H3. The average Bonchev–Trinajstić information content (AvgIpc) is 2.78. The van der Waals surface area contributed by atoms with Crippen LogP contribution in [0.3, 0.4) is 0 Å². The largest absolute Gasteiger partial charge is 0.323 e. The summed E-state index contributed by atoms with van der Waals surface area (Å²) in [6.07, 6.45) is 1.55. The minimum atomic E-state index is -3.76. The van der Waals surface area contributed by atoms with Crippen LogP contribution in [0.1, 0.15) is 26.7 Å². The Bertz CT molecular complexity index is 672. The summed E-state index contributed by atoms with van der Waals surface area (Å²) in [6.45, 7) is 4.15. The number of non-ortho nitro benzene ring substituents is 1. The summed E-state index contributed by atoms with van der Waals surface area (Å²) in [5.41, 5.74) is 1.56. The predicted octanol–water partition coefficient (Wildman–Crippen LogP) is 1.44. The van der Waals surface area contributed by atoms with Crippen molar-refractivity contribution < 1.29 is 13.3 Å². The molecule has 0 aromatic heterocycles. The van der Waals surface area contributed by atoms with Gasteiger partial charge in [-0.2, -0.15) is 4.31 Å². The zero-order valence-corrected chi connectivity index (χ0v) is 12.7. The molecule has 0 aliphatic carbocycles. The molecule has 2 rings (SSSR count). The SMILES string of the molecule is CC1(C)CCCN1S(=O)(=O)c1ccc([N+](=O)[O-])cc1NN. The zero-order valence-electron chi connectivity index (χ0n) is 11.9. The average molecular weight is 314 g/mol. The molecule has 0 saturated carbocycles. The molecule has 1 aliphatic heterocycles. The molecule has 0 amide bonds. The van der Waals surface area contributed by atoms with E-state index in [1.165, 1.54) is 10.4 Å². The minimum absolute atomic E-state index is 0.0203. The van der Waals surface area contributed by atoms with Gasteiger partial charge in [-0.05, 0) is 32.8 Å². The predicted molar refractivity (Wildman–Crippen MR) is 78.1 cm³/mol. The maximum absolute atomic E-state index is 12.8. The van der Waals surface area contributed by atoms with Crippen LogP contribution in [0.4, 0.5) is 11.4 Å². The van der Waals surface area contributed by atoms with E-state index in [0.717, 1.165) is 25.0 Å². The van der Waals surface area contributed by atoms with Crippen molar-refractivity contribution in [3.8, 4) is 0 Å². The van der Waals surface area contributed by atoms with E-state index in [0.29, 0.717) is 6.54 Å². The number of benzene rings is 1. The molecule has 21 heavy (non-hydrogen) atoms. The summed E-state index contributed by atoms with van der Waals surface area (Å²) in [5.74, 6) is 5.33. The van der Waals surface area contributed by atoms with Crippen LogP contribution in [0.2, 0.25) is 0 Å². The Hall–Kier alpha value is -1.71. The van der Waals surface area contributed by atoms with Gasteiger partial charge in [-0.15, -0.1) is 0 Å². The van der Waals surface area contributed by atoms with Crippen LogP contribution in [0, 0.1) is 10.1 Å². The smallest absolute Gasteiger partial charge is 0.271 e. The number of sulfonamides is 1. The molecule has 1 aromatic carbocycles. The summed E-state index contributed by atoms with van der Waals surface area (Å²) in [5, 5.41) is 10.8. The Morgan fingerprint density at radius 3 is 2.57 bits per heavy atom. The highest BCUT2D eigenvalue weighted by Gasteiger charge is 2.41. The summed E-state index contributed by atoms with van der Waals surface area (Å²) >= 11 is 0. The molecule has 1 fully saturated rings. The molecule has 0 spiro atoms. The molecule has 0 unspecified atom stereocenters. The van der Waals surface area contributed by atoms with Crippen LogP contribution >= 0.6 is 0 Å². The van der Waals surface area contributed by atoms with E-state index < -0.39 is 20.5 Å². The fourth-order valence-electron chi connectivity index (χ4n) is 2.62. The van der Waals surface area contributed by atoms with Crippen molar-refractivity contribution in [2.75, 3.05) is 12.0 Å². The molecular formula is C12H18N4O4S.